The molecule has 1 amide bonds. The Morgan fingerprint density at radius 3 is 2.08 bits per heavy atom. The Labute approximate surface area is 285 Å². The Morgan fingerprint density at radius 2 is 1.38 bits per heavy atom. The number of anilines is 1. The van der Waals surface area contributed by atoms with Gasteiger partial charge in [0, 0.05) is 42.7 Å². The maximum atomic E-state index is 13.1. The van der Waals surface area contributed by atoms with Crippen molar-refractivity contribution in [2.45, 2.75) is 77.3 Å². The zero-order valence-corrected chi connectivity index (χ0v) is 28.0. The molecule has 0 radical (unpaired) electrons. The second kappa shape index (κ2) is 19.7. The summed E-state index contributed by atoms with van der Waals surface area (Å²) in [6, 6.07) is 32.5. The smallest absolute Gasteiger partial charge is 0.326 e. The first-order valence-corrected chi connectivity index (χ1v) is 17.2. The lowest BCUT2D eigenvalue weighted by Crippen LogP contribution is -2.32. The Kier molecular flexibility index (Phi) is 14.7. The van der Waals surface area contributed by atoms with Crippen LogP contribution >= 0.6 is 0 Å². The van der Waals surface area contributed by atoms with Gasteiger partial charge in [0.05, 0.1) is 6.61 Å². The summed E-state index contributed by atoms with van der Waals surface area (Å²) >= 11 is 0. The maximum absolute atomic E-state index is 13.1. The van der Waals surface area contributed by atoms with Crippen molar-refractivity contribution >= 4 is 23.3 Å². The van der Waals surface area contributed by atoms with E-state index in [0.29, 0.717) is 55.1 Å². The van der Waals surface area contributed by atoms with Gasteiger partial charge in [-0.3, -0.25) is 9.59 Å². The number of amides is 1. The van der Waals surface area contributed by atoms with Crippen molar-refractivity contribution in [3.63, 3.8) is 0 Å². The van der Waals surface area contributed by atoms with Gasteiger partial charge < -0.3 is 20.1 Å². The highest BCUT2D eigenvalue weighted by Gasteiger charge is 2.21. The van der Waals surface area contributed by atoms with E-state index < -0.39 is 12.0 Å². The molecule has 0 saturated heterocycles. The third-order valence-electron chi connectivity index (χ3n) is 8.35. The van der Waals surface area contributed by atoms with Crippen molar-refractivity contribution in [1.29, 1.82) is 0 Å². The molecule has 0 bridgehead atoms. The topological polar surface area (TPSA) is 95.9 Å². The molecule has 4 aromatic carbocycles. The summed E-state index contributed by atoms with van der Waals surface area (Å²) in [5.41, 5.74) is 3.38. The summed E-state index contributed by atoms with van der Waals surface area (Å²) in [6.45, 7) is 3.87. The van der Waals surface area contributed by atoms with Crippen LogP contribution in [0.4, 0.5) is 5.69 Å². The van der Waals surface area contributed by atoms with Gasteiger partial charge >= 0.3 is 5.97 Å². The molecule has 0 aromatic heterocycles. The molecule has 0 heterocycles. The van der Waals surface area contributed by atoms with E-state index >= 15 is 0 Å². The number of nitrogens with one attached hydrogen (secondary N) is 1. The van der Waals surface area contributed by atoms with Crippen LogP contribution in [-0.4, -0.2) is 46.9 Å². The number of benzene rings is 4. The number of rotatable bonds is 21. The van der Waals surface area contributed by atoms with Gasteiger partial charge in [0.25, 0.3) is 0 Å². The van der Waals surface area contributed by atoms with Gasteiger partial charge in [-0.25, -0.2) is 4.79 Å². The number of hydrogen-bond acceptors (Lipinski definition) is 5. The largest absolute Gasteiger partial charge is 0.494 e. The molecule has 7 heteroatoms. The van der Waals surface area contributed by atoms with Gasteiger partial charge in [0.15, 0.2) is 5.78 Å². The fourth-order valence-corrected chi connectivity index (χ4v) is 5.65. The Morgan fingerprint density at radius 1 is 0.729 bits per heavy atom. The zero-order valence-electron chi connectivity index (χ0n) is 28.0. The van der Waals surface area contributed by atoms with Gasteiger partial charge in [0.2, 0.25) is 5.91 Å². The van der Waals surface area contributed by atoms with E-state index in [1.165, 1.54) is 25.7 Å². The molecule has 2 N–H and O–H groups in total. The van der Waals surface area contributed by atoms with E-state index in [4.69, 9.17) is 4.74 Å². The summed E-state index contributed by atoms with van der Waals surface area (Å²) < 4.78 is 6.00. The van der Waals surface area contributed by atoms with E-state index in [-0.39, 0.29) is 18.1 Å². The minimum absolute atomic E-state index is 0.172. The maximum Gasteiger partial charge on any atom is 0.326 e. The van der Waals surface area contributed by atoms with Crippen LogP contribution in [0.25, 0.3) is 0 Å². The number of ketones is 1. The summed E-state index contributed by atoms with van der Waals surface area (Å²) in [5.74, 6) is -0.309. The summed E-state index contributed by atoms with van der Waals surface area (Å²) in [6.07, 6.45) is 8.40. The summed E-state index contributed by atoms with van der Waals surface area (Å²) in [7, 11) is 0. The number of nitrogens with zero attached hydrogens (tertiary/aromatic N) is 1. The normalized spacial score (nSPS) is 11.4. The van der Waals surface area contributed by atoms with E-state index in [0.717, 1.165) is 24.0 Å². The average Bonchev–Trinajstić information content (AvgIpc) is 3.12. The lowest BCUT2D eigenvalue weighted by Gasteiger charge is -2.23. The van der Waals surface area contributed by atoms with Gasteiger partial charge in [-0.15, -0.1) is 0 Å². The Hall–Kier alpha value is -4.91. The third-order valence-corrected chi connectivity index (χ3v) is 8.35. The Bertz CT molecular complexity index is 1560. The minimum atomic E-state index is -1.01. The summed E-state index contributed by atoms with van der Waals surface area (Å²) in [5, 5.41) is 13.1. The molecule has 0 unspecified atom stereocenters. The number of unbranched alkanes of at least 4 members (excludes halogenated alkanes) is 5. The molecule has 1 atom stereocenters. The molecule has 0 aliphatic heterocycles. The molecule has 4 aromatic rings. The quantitative estimate of drug-likeness (QED) is 0.0694. The van der Waals surface area contributed by atoms with Crippen molar-refractivity contribution in [3.05, 3.63) is 131 Å². The third kappa shape index (κ3) is 11.7. The number of para-hydroxylation sites is 1. The predicted octanol–water partition coefficient (Wildman–Crippen LogP) is 8.57. The first kappa shape index (κ1) is 35.9. The number of carbonyl (C=O) groups is 3. The van der Waals surface area contributed by atoms with Gasteiger partial charge in [-0.2, -0.15) is 0 Å². The van der Waals surface area contributed by atoms with Gasteiger partial charge in [-0.1, -0.05) is 124 Å². The summed E-state index contributed by atoms with van der Waals surface area (Å²) in [4.78, 5) is 40.4. The number of carboxylic acid groups (broad SMARTS) is 1. The molecular formula is C41H48N2O5. The SMILES string of the molecule is CCCCCCCCC(=O)N(CCCOc1ccc(C[C@H](Nc2ccccc2C(=O)c2ccccc2)C(=O)O)cc1)Cc1ccccc1. The molecule has 0 spiro atoms. The first-order chi connectivity index (χ1) is 23.4. The van der Waals surface area contributed by atoms with Crippen molar-refractivity contribution in [3.8, 4) is 5.75 Å². The number of carboxylic acids is 1. The van der Waals surface area contributed by atoms with E-state index in [2.05, 4.69) is 24.4 Å². The lowest BCUT2D eigenvalue weighted by molar-refractivity contribution is -0.138. The molecule has 252 valence electrons. The van der Waals surface area contributed by atoms with Crippen molar-refractivity contribution in [2.24, 2.45) is 0 Å². The molecule has 0 aliphatic rings. The zero-order chi connectivity index (χ0) is 34.0. The van der Waals surface area contributed by atoms with Crippen LogP contribution in [0.15, 0.2) is 109 Å². The molecule has 48 heavy (non-hydrogen) atoms. The molecule has 0 aliphatic carbocycles. The van der Waals surface area contributed by atoms with E-state index in [1.54, 1.807) is 48.5 Å². The van der Waals surface area contributed by atoms with Crippen LogP contribution in [-0.2, 0) is 22.6 Å². The number of ether oxygens (including phenoxy) is 1. The van der Waals surface area contributed by atoms with Crippen molar-refractivity contribution in [2.75, 3.05) is 18.5 Å². The highest BCUT2D eigenvalue weighted by Crippen LogP contribution is 2.22. The second-order valence-corrected chi connectivity index (χ2v) is 12.1. The minimum Gasteiger partial charge on any atom is -0.494 e. The van der Waals surface area contributed by atoms with Crippen molar-refractivity contribution in [1.82, 2.24) is 4.90 Å². The van der Waals surface area contributed by atoms with Crippen molar-refractivity contribution < 1.29 is 24.2 Å². The molecule has 0 saturated carbocycles. The van der Waals surface area contributed by atoms with Crippen LogP contribution in [0.5, 0.6) is 5.75 Å². The Balaban J connectivity index is 1.28. The fraction of sp³-hybridized carbons (Fsp3) is 0.341. The van der Waals surface area contributed by atoms with Crippen LogP contribution in [0.3, 0.4) is 0 Å². The lowest BCUT2D eigenvalue weighted by atomic mass is 10.00. The monoisotopic (exact) mass is 648 g/mol. The molecule has 0 fully saturated rings. The van der Waals surface area contributed by atoms with Gasteiger partial charge in [-0.05, 0) is 48.2 Å². The average molecular weight is 649 g/mol. The van der Waals surface area contributed by atoms with Crippen LogP contribution < -0.4 is 10.1 Å². The number of aliphatic carboxylic acids is 1. The highest BCUT2D eigenvalue weighted by atomic mass is 16.5. The standard InChI is InChI=1S/C41H48N2O5/c1-2-3-4-5-6-13-23-39(44)43(31-33-17-9-7-10-18-33)28-16-29-48-35-26-24-32(25-27-35)30-38(41(46)47)42-37-22-15-14-21-36(37)40(45)34-19-11-8-12-20-34/h7-12,14-15,17-22,24-27,38,42H,2-6,13,16,23,28-31H2,1H3,(H,46,47)/t38-/m0/s1. The first-order valence-electron chi connectivity index (χ1n) is 17.2. The number of hydrogen-bond donors (Lipinski definition) is 2. The number of carbonyl (C=O) groups excluding carboxylic acids is 2. The van der Waals surface area contributed by atoms with Crippen LogP contribution in [0.2, 0.25) is 0 Å². The second-order valence-electron chi connectivity index (χ2n) is 12.1. The van der Waals surface area contributed by atoms with Gasteiger partial charge in [0.1, 0.15) is 11.8 Å². The molecular weight excluding hydrogens is 600 g/mol. The fourth-order valence-electron chi connectivity index (χ4n) is 5.65. The molecule has 7 nitrogen and oxygen atoms in total. The van der Waals surface area contributed by atoms with E-state index in [1.807, 2.05) is 53.4 Å². The highest BCUT2D eigenvalue weighted by molar-refractivity contribution is 6.12. The van der Waals surface area contributed by atoms with Crippen LogP contribution in [0.1, 0.15) is 85.3 Å². The predicted molar refractivity (Wildman–Crippen MR) is 191 cm³/mol. The van der Waals surface area contributed by atoms with E-state index in [9.17, 15) is 19.5 Å². The molecule has 4 rings (SSSR count). The van der Waals surface area contributed by atoms with Crippen LogP contribution in [0, 0.1) is 0 Å².